The zero-order valence-electron chi connectivity index (χ0n) is 9.20. The first kappa shape index (κ1) is 13.4. The molecule has 1 aromatic rings. The Morgan fingerprint density at radius 2 is 2.06 bits per heavy atom. The van der Waals surface area contributed by atoms with Gasteiger partial charge in [-0.25, -0.2) is 8.78 Å². The quantitative estimate of drug-likeness (QED) is 0.815. The molecule has 0 spiro atoms. The lowest BCUT2D eigenvalue weighted by atomic mass is 10.2. The van der Waals surface area contributed by atoms with Crippen molar-refractivity contribution in [2.24, 2.45) is 0 Å². The Balaban J connectivity index is 2.95. The summed E-state index contributed by atoms with van der Waals surface area (Å²) >= 11 is 0. The van der Waals surface area contributed by atoms with Crippen molar-refractivity contribution in [1.29, 1.82) is 5.26 Å². The minimum Gasteiger partial charge on any atom is -0.394 e. The van der Waals surface area contributed by atoms with Gasteiger partial charge in [0.05, 0.1) is 30.9 Å². The van der Waals surface area contributed by atoms with Crippen LogP contribution in [0, 0.1) is 23.0 Å². The van der Waals surface area contributed by atoms with E-state index >= 15 is 0 Å². The summed E-state index contributed by atoms with van der Waals surface area (Å²) in [5.74, 6) is -1.76. The molecule has 1 unspecified atom stereocenters. The van der Waals surface area contributed by atoms with E-state index < -0.39 is 17.7 Å². The Hall–Kier alpha value is -1.71. The lowest BCUT2D eigenvalue weighted by Crippen LogP contribution is -2.29. The Morgan fingerprint density at radius 1 is 1.47 bits per heavy atom. The van der Waals surface area contributed by atoms with Crippen LogP contribution in [0.1, 0.15) is 5.56 Å². The second-order valence-electron chi connectivity index (χ2n) is 3.41. The Kier molecular flexibility index (Phi) is 4.82. The minimum atomic E-state index is -0.879. The minimum absolute atomic E-state index is 0.0992. The maximum absolute atomic E-state index is 13.5. The first-order valence-corrected chi connectivity index (χ1v) is 4.87. The van der Waals surface area contributed by atoms with Gasteiger partial charge in [0.1, 0.15) is 5.69 Å². The van der Waals surface area contributed by atoms with Crippen LogP contribution >= 0.6 is 0 Å². The van der Waals surface area contributed by atoms with Crippen molar-refractivity contribution in [3.63, 3.8) is 0 Å². The van der Waals surface area contributed by atoms with E-state index in [0.29, 0.717) is 0 Å². The third kappa shape index (κ3) is 3.37. The number of benzene rings is 1. The second-order valence-corrected chi connectivity index (χ2v) is 3.41. The van der Waals surface area contributed by atoms with E-state index in [9.17, 15) is 8.78 Å². The van der Waals surface area contributed by atoms with Crippen LogP contribution in [0.25, 0.3) is 0 Å². The number of nitrogens with zero attached hydrogens (tertiary/aromatic N) is 1. The van der Waals surface area contributed by atoms with Gasteiger partial charge in [0.2, 0.25) is 0 Å². The fourth-order valence-corrected chi connectivity index (χ4v) is 1.32. The number of hydrogen-bond acceptors (Lipinski definition) is 4. The molecule has 6 heteroatoms. The number of ether oxygens (including phenoxy) is 1. The Morgan fingerprint density at radius 3 is 2.47 bits per heavy atom. The molecule has 92 valence electrons. The van der Waals surface area contributed by atoms with E-state index in [1.165, 1.54) is 7.11 Å². The molecule has 1 rings (SSSR count). The summed E-state index contributed by atoms with van der Waals surface area (Å²) < 4.78 is 31.7. The largest absolute Gasteiger partial charge is 0.394 e. The van der Waals surface area contributed by atoms with Gasteiger partial charge in [-0.2, -0.15) is 5.26 Å². The molecule has 0 aliphatic heterocycles. The lowest BCUT2D eigenvalue weighted by molar-refractivity contribution is 0.153. The molecule has 0 radical (unpaired) electrons. The number of halogens is 2. The molecule has 0 aromatic heterocycles. The fourth-order valence-electron chi connectivity index (χ4n) is 1.32. The molecule has 1 atom stereocenters. The van der Waals surface area contributed by atoms with E-state index in [0.717, 1.165) is 12.1 Å². The van der Waals surface area contributed by atoms with Gasteiger partial charge in [-0.05, 0) is 12.1 Å². The van der Waals surface area contributed by atoms with Crippen LogP contribution in [-0.2, 0) is 4.74 Å². The summed E-state index contributed by atoms with van der Waals surface area (Å²) in [6.07, 6.45) is 0. The molecule has 2 N–H and O–H groups in total. The SMILES string of the molecule is COCC(CO)Nc1c(F)cc(C#N)cc1F. The van der Waals surface area contributed by atoms with Crippen molar-refractivity contribution in [2.75, 3.05) is 25.6 Å². The molecule has 0 bridgehead atoms. The number of aliphatic hydroxyl groups is 1. The van der Waals surface area contributed by atoms with Crippen LogP contribution in [0.5, 0.6) is 0 Å². The van der Waals surface area contributed by atoms with Gasteiger partial charge in [-0.1, -0.05) is 0 Å². The third-order valence-corrected chi connectivity index (χ3v) is 2.11. The predicted molar refractivity (Wildman–Crippen MR) is 57.4 cm³/mol. The highest BCUT2D eigenvalue weighted by Gasteiger charge is 2.15. The molecule has 4 nitrogen and oxygen atoms in total. The maximum atomic E-state index is 13.5. The summed E-state index contributed by atoms with van der Waals surface area (Å²) in [6.45, 7) is -0.220. The molecule has 0 fully saturated rings. The van der Waals surface area contributed by atoms with Gasteiger partial charge in [-0.15, -0.1) is 0 Å². The van der Waals surface area contributed by atoms with Gasteiger partial charge in [-0.3, -0.25) is 0 Å². The number of nitriles is 1. The number of hydrogen-bond donors (Lipinski definition) is 2. The molecule has 0 heterocycles. The molecule has 0 aliphatic carbocycles. The van der Waals surface area contributed by atoms with Gasteiger partial charge in [0.15, 0.2) is 11.6 Å². The average molecular weight is 242 g/mol. The molecule has 17 heavy (non-hydrogen) atoms. The summed E-state index contributed by atoms with van der Waals surface area (Å²) in [5, 5.41) is 20.0. The Labute approximate surface area is 97.4 Å². The molecule has 0 aliphatic rings. The van der Waals surface area contributed by atoms with E-state index in [-0.39, 0.29) is 24.5 Å². The van der Waals surface area contributed by atoms with Crippen LogP contribution in [-0.4, -0.2) is 31.5 Å². The van der Waals surface area contributed by atoms with Gasteiger partial charge < -0.3 is 15.2 Å². The van der Waals surface area contributed by atoms with Crippen LogP contribution < -0.4 is 5.32 Å². The molecular weight excluding hydrogens is 230 g/mol. The number of methoxy groups -OCH3 is 1. The van der Waals surface area contributed by atoms with Crippen molar-refractivity contribution in [1.82, 2.24) is 0 Å². The topological polar surface area (TPSA) is 65.3 Å². The zero-order chi connectivity index (χ0) is 12.8. The van der Waals surface area contributed by atoms with Crippen LogP contribution in [0.4, 0.5) is 14.5 Å². The highest BCUT2D eigenvalue weighted by Crippen LogP contribution is 2.21. The summed E-state index contributed by atoms with van der Waals surface area (Å²) in [4.78, 5) is 0. The first-order valence-electron chi connectivity index (χ1n) is 4.87. The normalized spacial score (nSPS) is 11.9. The van der Waals surface area contributed by atoms with E-state index in [4.69, 9.17) is 15.1 Å². The standard InChI is InChI=1S/C11H12F2N2O2/c1-17-6-8(5-16)15-11-9(12)2-7(4-14)3-10(11)13/h2-3,8,15-16H,5-6H2,1H3. The van der Waals surface area contributed by atoms with Crippen LogP contribution in [0.2, 0.25) is 0 Å². The molecule has 1 aromatic carbocycles. The number of nitrogens with one attached hydrogen (secondary N) is 1. The van der Waals surface area contributed by atoms with Crippen molar-refractivity contribution in [3.05, 3.63) is 29.3 Å². The average Bonchev–Trinajstić information content (AvgIpc) is 2.31. The molecular formula is C11H12F2N2O2. The predicted octanol–water partition coefficient (Wildman–Crippen LogP) is 1.26. The van der Waals surface area contributed by atoms with Gasteiger partial charge in [0, 0.05) is 7.11 Å². The number of anilines is 1. The fraction of sp³-hybridized carbons (Fsp3) is 0.364. The highest BCUT2D eigenvalue weighted by atomic mass is 19.1. The maximum Gasteiger partial charge on any atom is 0.150 e. The smallest absolute Gasteiger partial charge is 0.150 e. The highest BCUT2D eigenvalue weighted by molar-refractivity contribution is 5.51. The first-order chi connectivity index (χ1) is 8.12. The summed E-state index contributed by atoms with van der Waals surface area (Å²) in [7, 11) is 1.41. The van der Waals surface area contributed by atoms with Crippen molar-refractivity contribution in [2.45, 2.75) is 6.04 Å². The van der Waals surface area contributed by atoms with E-state index in [2.05, 4.69) is 5.32 Å². The van der Waals surface area contributed by atoms with Crippen molar-refractivity contribution >= 4 is 5.69 Å². The van der Waals surface area contributed by atoms with Crippen LogP contribution in [0.3, 0.4) is 0 Å². The zero-order valence-corrected chi connectivity index (χ0v) is 9.20. The number of rotatable bonds is 5. The molecule has 0 amide bonds. The second kappa shape index (κ2) is 6.13. The van der Waals surface area contributed by atoms with Crippen molar-refractivity contribution in [3.8, 4) is 6.07 Å². The van der Waals surface area contributed by atoms with Crippen molar-refractivity contribution < 1.29 is 18.6 Å². The lowest BCUT2D eigenvalue weighted by Gasteiger charge is -2.17. The van der Waals surface area contributed by atoms with E-state index in [1.807, 2.05) is 0 Å². The van der Waals surface area contributed by atoms with Crippen LogP contribution in [0.15, 0.2) is 12.1 Å². The monoisotopic (exact) mass is 242 g/mol. The summed E-state index contributed by atoms with van der Waals surface area (Å²) in [6, 6.07) is 2.88. The Bertz CT molecular complexity index is 409. The number of aliphatic hydroxyl groups excluding tert-OH is 1. The van der Waals surface area contributed by atoms with Gasteiger partial charge in [0.25, 0.3) is 0 Å². The van der Waals surface area contributed by atoms with Gasteiger partial charge >= 0.3 is 0 Å². The third-order valence-electron chi connectivity index (χ3n) is 2.11. The molecule has 0 saturated carbocycles. The summed E-state index contributed by atoms with van der Waals surface area (Å²) in [5.41, 5.74) is -0.474. The van der Waals surface area contributed by atoms with E-state index in [1.54, 1.807) is 6.07 Å². The molecule has 0 saturated heterocycles.